The van der Waals surface area contributed by atoms with Crippen LogP contribution < -0.4 is 5.14 Å². The number of alkyl halides is 2. The monoisotopic (exact) mass is 226 g/mol. The Morgan fingerprint density at radius 2 is 2.00 bits per heavy atom. The number of aromatic nitrogens is 1. The molecule has 2 N–H and O–H groups in total. The first-order valence-electron chi connectivity index (χ1n) is 3.29. The molecule has 0 saturated carbocycles. The van der Waals surface area contributed by atoms with Gasteiger partial charge in [-0.25, -0.2) is 31.7 Å². The number of primary sulfonamides is 1. The number of pyridine rings is 1. The third kappa shape index (κ3) is 2.02. The molecule has 0 aliphatic carbocycles. The van der Waals surface area contributed by atoms with Gasteiger partial charge in [-0.15, -0.1) is 0 Å². The summed E-state index contributed by atoms with van der Waals surface area (Å²) in [6.45, 7) is 0. The van der Waals surface area contributed by atoms with Crippen LogP contribution in [0, 0.1) is 5.82 Å². The van der Waals surface area contributed by atoms with Gasteiger partial charge < -0.3 is 0 Å². The van der Waals surface area contributed by atoms with Crippen LogP contribution in [0.1, 0.15) is 12.0 Å². The van der Waals surface area contributed by atoms with Crippen molar-refractivity contribution in [3.05, 3.63) is 23.6 Å². The van der Waals surface area contributed by atoms with Crippen LogP contribution >= 0.6 is 0 Å². The minimum absolute atomic E-state index is 0.689. The minimum atomic E-state index is -4.41. The Morgan fingerprint density at radius 3 is 2.43 bits per heavy atom. The standard InChI is InChI=1S/C6H5F3N2O2S/c7-4-3(5(8)9)1-2-11-6(4)14(10,12)13/h1-2,5H,(H2,10,12,13). The molecule has 14 heavy (non-hydrogen) atoms. The summed E-state index contributed by atoms with van der Waals surface area (Å²) in [6, 6.07) is 0.689. The van der Waals surface area contributed by atoms with Crippen molar-refractivity contribution in [2.75, 3.05) is 0 Å². The van der Waals surface area contributed by atoms with Gasteiger partial charge >= 0.3 is 0 Å². The Hall–Kier alpha value is -1.15. The third-order valence-corrected chi connectivity index (χ3v) is 2.22. The molecule has 1 rings (SSSR count). The van der Waals surface area contributed by atoms with Crippen molar-refractivity contribution in [1.82, 2.24) is 4.98 Å². The molecule has 0 radical (unpaired) electrons. The zero-order valence-electron chi connectivity index (χ0n) is 6.62. The number of sulfonamides is 1. The van der Waals surface area contributed by atoms with Crippen molar-refractivity contribution < 1.29 is 21.6 Å². The van der Waals surface area contributed by atoms with E-state index in [0.717, 1.165) is 6.20 Å². The Labute approximate surface area is 77.6 Å². The van der Waals surface area contributed by atoms with Gasteiger partial charge in [0.2, 0.25) is 5.03 Å². The lowest BCUT2D eigenvalue weighted by atomic mass is 10.3. The number of hydrogen-bond donors (Lipinski definition) is 1. The van der Waals surface area contributed by atoms with Crippen molar-refractivity contribution in [1.29, 1.82) is 0 Å². The molecule has 0 spiro atoms. The van der Waals surface area contributed by atoms with Crippen LogP contribution in [0.4, 0.5) is 13.2 Å². The van der Waals surface area contributed by atoms with Crippen LogP contribution in [0.15, 0.2) is 17.3 Å². The summed E-state index contributed by atoms with van der Waals surface area (Å²) in [5, 5.41) is 3.38. The van der Waals surface area contributed by atoms with Crippen LogP contribution in [0.25, 0.3) is 0 Å². The summed E-state index contributed by atoms with van der Waals surface area (Å²) in [4.78, 5) is 3.07. The van der Waals surface area contributed by atoms with E-state index >= 15 is 0 Å². The second-order valence-electron chi connectivity index (χ2n) is 2.37. The van der Waals surface area contributed by atoms with E-state index in [-0.39, 0.29) is 0 Å². The molecule has 8 heteroatoms. The molecule has 0 fully saturated rings. The normalized spacial score (nSPS) is 12.1. The minimum Gasteiger partial charge on any atom is -0.241 e. The van der Waals surface area contributed by atoms with Crippen molar-refractivity contribution in [2.24, 2.45) is 5.14 Å². The van der Waals surface area contributed by atoms with Crippen molar-refractivity contribution in [3.8, 4) is 0 Å². The Morgan fingerprint density at radius 1 is 1.43 bits per heavy atom. The van der Waals surface area contributed by atoms with Crippen LogP contribution in [-0.2, 0) is 10.0 Å². The lowest BCUT2D eigenvalue weighted by Gasteiger charge is -2.03. The van der Waals surface area contributed by atoms with Crippen molar-refractivity contribution in [3.63, 3.8) is 0 Å². The molecule has 0 bridgehead atoms. The van der Waals surface area contributed by atoms with Gasteiger partial charge in [0, 0.05) is 6.20 Å². The summed E-state index contributed by atoms with van der Waals surface area (Å²) < 4.78 is 58.5. The van der Waals surface area contributed by atoms with Gasteiger partial charge in [0.15, 0.2) is 5.82 Å². The summed E-state index contributed by atoms with van der Waals surface area (Å²) in [7, 11) is -4.41. The molecule has 4 nitrogen and oxygen atoms in total. The van der Waals surface area contributed by atoms with E-state index in [1.807, 2.05) is 0 Å². The van der Waals surface area contributed by atoms with Crippen molar-refractivity contribution in [2.45, 2.75) is 11.5 Å². The molecule has 0 saturated heterocycles. The second kappa shape index (κ2) is 3.54. The average Bonchev–Trinajstić information content (AvgIpc) is 2.01. The fourth-order valence-corrected chi connectivity index (χ4v) is 1.38. The summed E-state index contributed by atoms with van der Waals surface area (Å²) in [6.07, 6.45) is -2.36. The highest BCUT2D eigenvalue weighted by Crippen LogP contribution is 2.24. The SMILES string of the molecule is NS(=O)(=O)c1nccc(C(F)F)c1F. The highest BCUT2D eigenvalue weighted by Gasteiger charge is 2.23. The highest BCUT2D eigenvalue weighted by molar-refractivity contribution is 7.89. The number of halogens is 3. The van der Waals surface area contributed by atoms with E-state index in [0.29, 0.717) is 6.07 Å². The van der Waals surface area contributed by atoms with Gasteiger partial charge in [-0.2, -0.15) is 0 Å². The zero-order valence-corrected chi connectivity index (χ0v) is 7.43. The Bertz CT molecular complexity index is 446. The van der Waals surface area contributed by atoms with Crippen molar-refractivity contribution >= 4 is 10.0 Å². The van der Waals surface area contributed by atoms with E-state index in [9.17, 15) is 21.6 Å². The smallest absolute Gasteiger partial charge is 0.241 e. The van der Waals surface area contributed by atoms with E-state index in [4.69, 9.17) is 0 Å². The number of nitrogens with zero attached hydrogens (tertiary/aromatic N) is 1. The van der Waals surface area contributed by atoms with Gasteiger partial charge in [-0.1, -0.05) is 0 Å². The first-order chi connectivity index (χ1) is 6.34. The zero-order chi connectivity index (χ0) is 10.9. The topological polar surface area (TPSA) is 73.1 Å². The Balaban J connectivity index is 3.43. The van der Waals surface area contributed by atoms with Crippen LogP contribution in [0.2, 0.25) is 0 Å². The van der Waals surface area contributed by atoms with E-state index in [1.54, 1.807) is 0 Å². The Kier molecular flexibility index (Phi) is 2.76. The number of rotatable bonds is 2. The predicted molar refractivity (Wildman–Crippen MR) is 40.5 cm³/mol. The lowest BCUT2D eigenvalue weighted by molar-refractivity contribution is 0.145. The average molecular weight is 226 g/mol. The first-order valence-corrected chi connectivity index (χ1v) is 4.84. The van der Waals surface area contributed by atoms with Gasteiger partial charge in [0.25, 0.3) is 16.4 Å². The molecule has 0 unspecified atom stereocenters. The molecule has 1 aromatic rings. The maximum atomic E-state index is 13.0. The second-order valence-corrected chi connectivity index (χ2v) is 3.84. The molecule has 0 aliphatic heterocycles. The summed E-state index contributed by atoms with van der Waals surface area (Å²) in [5.41, 5.74) is -1.04. The van der Waals surface area contributed by atoms with Gasteiger partial charge in [-0.3, -0.25) is 0 Å². The third-order valence-electron chi connectivity index (χ3n) is 1.39. The quantitative estimate of drug-likeness (QED) is 0.810. The maximum absolute atomic E-state index is 13.0. The summed E-state index contributed by atoms with van der Waals surface area (Å²) in [5.74, 6) is -1.61. The van der Waals surface area contributed by atoms with Gasteiger partial charge in [-0.05, 0) is 6.07 Å². The lowest BCUT2D eigenvalue weighted by Crippen LogP contribution is -2.17. The highest BCUT2D eigenvalue weighted by atomic mass is 32.2. The van der Waals surface area contributed by atoms with Gasteiger partial charge in [0.05, 0.1) is 5.56 Å². The molecule has 0 aromatic carbocycles. The number of nitrogens with two attached hydrogens (primary N) is 1. The van der Waals surface area contributed by atoms with Crippen LogP contribution in [0.5, 0.6) is 0 Å². The van der Waals surface area contributed by atoms with E-state index in [1.165, 1.54) is 0 Å². The molecular weight excluding hydrogens is 221 g/mol. The van der Waals surface area contributed by atoms with Crippen LogP contribution in [0.3, 0.4) is 0 Å². The fraction of sp³-hybridized carbons (Fsp3) is 0.167. The molecule has 0 atom stereocenters. The largest absolute Gasteiger partial charge is 0.266 e. The molecular formula is C6H5F3N2O2S. The molecule has 78 valence electrons. The van der Waals surface area contributed by atoms with E-state index < -0.39 is 32.9 Å². The predicted octanol–water partition coefficient (Wildman–Crippen LogP) is 0.806. The van der Waals surface area contributed by atoms with Gasteiger partial charge in [0.1, 0.15) is 0 Å². The number of hydrogen-bond acceptors (Lipinski definition) is 3. The molecule has 1 aromatic heterocycles. The molecule has 0 amide bonds. The van der Waals surface area contributed by atoms with E-state index in [2.05, 4.69) is 10.1 Å². The summed E-state index contributed by atoms with van der Waals surface area (Å²) >= 11 is 0. The first kappa shape index (κ1) is 10.9. The van der Waals surface area contributed by atoms with Crippen LogP contribution in [-0.4, -0.2) is 13.4 Å². The fourth-order valence-electron chi connectivity index (χ4n) is 0.805. The maximum Gasteiger partial charge on any atom is 0.266 e. The molecule has 1 heterocycles. The molecule has 0 aliphatic rings.